The van der Waals surface area contributed by atoms with Gasteiger partial charge < -0.3 is 10.1 Å². The highest BCUT2D eigenvalue weighted by atomic mass is 32.2. The van der Waals surface area contributed by atoms with Crippen LogP contribution in [0.5, 0.6) is 0 Å². The lowest BCUT2D eigenvalue weighted by atomic mass is 9.90. The Morgan fingerprint density at radius 2 is 2.00 bits per heavy atom. The molecule has 2 rings (SSSR count). The Bertz CT molecular complexity index is 437. The molecule has 3 atom stereocenters. The fraction of sp³-hybridized carbons (Fsp3) is 0.917. The predicted octanol–water partition coefficient (Wildman–Crippen LogP) is 0.351. The summed E-state index contributed by atoms with van der Waals surface area (Å²) in [5.41, 5.74) is -0.512. The average Bonchev–Trinajstić information content (AvgIpc) is 2.67. The molecule has 5 nitrogen and oxygen atoms in total. The third-order valence-corrected chi connectivity index (χ3v) is 5.90. The number of nitrogens with one attached hydrogen (secondary N) is 1. The molecule has 2 heterocycles. The van der Waals surface area contributed by atoms with Crippen LogP contribution in [0.15, 0.2) is 0 Å². The van der Waals surface area contributed by atoms with Crippen molar-refractivity contribution in [2.75, 3.05) is 18.8 Å². The van der Waals surface area contributed by atoms with E-state index in [4.69, 9.17) is 4.74 Å². The maximum atomic E-state index is 11.9. The minimum Gasteiger partial charge on any atom is -0.460 e. The highest BCUT2D eigenvalue weighted by Gasteiger charge is 2.50. The monoisotopic (exact) mass is 275 g/mol. The van der Waals surface area contributed by atoms with Crippen LogP contribution in [0.1, 0.15) is 27.2 Å². The molecule has 6 heteroatoms. The average molecular weight is 275 g/mol. The number of hydrogen-bond donors (Lipinski definition) is 1. The van der Waals surface area contributed by atoms with Crippen LogP contribution in [0, 0.1) is 11.8 Å². The Kier molecular flexibility index (Phi) is 3.44. The standard InChI is InChI=1S/C12H21NO4S/c1-12(2,3)17-11(14)4-8-7-18(15,16)10-6-13-5-9(8)10/h8-10,13H,4-7H2,1-3H3. The topological polar surface area (TPSA) is 72.5 Å². The summed E-state index contributed by atoms with van der Waals surface area (Å²) < 4.78 is 29.1. The van der Waals surface area contributed by atoms with Crippen molar-refractivity contribution in [1.82, 2.24) is 5.32 Å². The molecule has 0 aromatic heterocycles. The van der Waals surface area contributed by atoms with Crippen molar-refractivity contribution in [3.63, 3.8) is 0 Å². The van der Waals surface area contributed by atoms with Gasteiger partial charge in [0, 0.05) is 13.0 Å². The van der Waals surface area contributed by atoms with Gasteiger partial charge in [0.2, 0.25) is 0 Å². The second-order valence-corrected chi connectivity index (χ2v) is 8.51. The Balaban J connectivity index is 2.01. The van der Waals surface area contributed by atoms with Gasteiger partial charge in [0.25, 0.3) is 0 Å². The molecule has 2 aliphatic rings. The van der Waals surface area contributed by atoms with E-state index in [1.54, 1.807) is 0 Å². The predicted molar refractivity (Wildman–Crippen MR) is 67.9 cm³/mol. The molecule has 2 fully saturated rings. The van der Waals surface area contributed by atoms with Gasteiger partial charge in [-0.1, -0.05) is 0 Å². The SMILES string of the molecule is CC(C)(C)OC(=O)CC1CS(=O)(=O)C2CNCC12. The minimum absolute atomic E-state index is 0.0718. The normalized spacial score (nSPS) is 34.3. The quantitative estimate of drug-likeness (QED) is 0.736. The van der Waals surface area contributed by atoms with E-state index in [2.05, 4.69) is 5.32 Å². The Morgan fingerprint density at radius 1 is 1.33 bits per heavy atom. The number of hydrogen-bond acceptors (Lipinski definition) is 5. The van der Waals surface area contributed by atoms with Crippen LogP contribution in [0.25, 0.3) is 0 Å². The minimum atomic E-state index is -3.03. The van der Waals surface area contributed by atoms with Crippen LogP contribution in [0.3, 0.4) is 0 Å². The van der Waals surface area contributed by atoms with Crippen molar-refractivity contribution in [1.29, 1.82) is 0 Å². The second-order valence-electron chi connectivity index (χ2n) is 6.24. The molecule has 0 amide bonds. The van der Waals surface area contributed by atoms with Gasteiger partial charge >= 0.3 is 5.97 Å². The van der Waals surface area contributed by atoms with Gasteiger partial charge in [-0.15, -0.1) is 0 Å². The van der Waals surface area contributed by atoms with Gasteiger partial charge in [-0.2, -0.15) is 0 Å². The van der Waals surface area contributed by atoms with E-state index in [0.29, 0.717) is 13.1 Å². The van der Waals surface area contributed by atoms with Gasteiger partial charge in [-0.05, 0) is 39.2 Å². The molecule has 0 saturated carbocycles. The molecule has 2 saturated heterocycles. The fourth-order valence-electron chi connectivity index (χ4n) is 2.89. The Labute approximate surface area is 108 Å². The van der Waals surface area contributed by atoms with E-state index >= 15 is 0 Å². The summed E-state index contributed by atoms with van der Waals surface area (Å²) in [6.45, 7) is 6.66. The molecule has 0 aliphatic carbocycles. The molecule has 0 aromatic rings. The third-order valence-electron chi connectivity index (χ3n) is 3.57. The van der Waals surface area contributed by atoms with Gasteiger partial charge in [-0.3, -0.25) is 4.79 Å². The zero-order valence-corrected chi connectivity index (χ0v) is 11.9. The summed E-state index contributed by atoms with van der Waals surface area (Å²) in [5, 5.41) is 2.80. The molecule has 1 N–H and O–H groups in total. The number of carbonyl (C=O) groups excluding carboxylic acids is 1. The summed E-state index contributed by atoms with van der Waals surface area (Å²) in [7, 11) is -3.03. The molecule has 0 radical (unpaired) electrons. The lowest BCUT2D eigenvalue weighted by molar-refractivity contribution is -0.156. The lowest BCUT2D eigenvalue weighted by Crippen LogP contribution is -2.28. The van der Waals surface area contributed by atoms with Crippen LogP contribution < -0.4 is 5.32 Å². The first-order valence-corrected chi connectivity index (χ1v) is 8.05. The number of sulfone groups is 1. The summed E-state index contributed by atoms with van der Waals surface area (Å²) in [4.78, 5) is 11.8. The first-order valence-electron chi connectivity index (χ1n) is 6.33. The van der Waals surface area contributed by atoms with Crippen LogP contribution in [0.2, 0.25) is 0 Å². The number of carbonyl (C=O) groups is 1. The second kappa shape index (κ2) is 4.49. The van der Waals surface area contributed by atoms with Gasteiger partial charge in [0.1, 0.15) is 5.60 Å². The van der Waals surface area contributed by atoms with Crippen molar-refractivity contribution >= 4 is 15.8 Å². The summed E-state index contributed by atoms with van der Waals surface area (Å²) in [5.74, 6) is -0.189. The van der Waals surface area contributed by atoms with E-state index in [1.165, 1.54) is 0 Å². The summed E-state index contributed by atoms with van der Waals surface area (Å²) in [6, 6.07) is 0. The highest BCUT2D eigenvalue weighted by molar-refractivity contribution is 7.92. The summed E-state index contributed by atoms with van der Waals surface area (Å²) in [6.07, 6.45) is 0.208. The van der Waals surface area contributed by atoms with Crippen molar-refractivity contribution in [3.8, 4) is 0 Å². The van der Waals surface area contributed by atoms with Crippen LogP contribution >= 0.6 is 0 Å². The smallest absolute Gasteiger partial charge is 0.306 e. The lowest BCUT2D eigenvalue weighted by Gasteiger charge is -2.22. The van der Waals surface area contributed by atoms with Crippen LogP contribution in [-0.2, 0) is 19.4 Å². The highest BCUT2D eigenvalue weighted by Crippen LogP contribution is 2.36. The third kappa shape index (κ3) is 2.85. The van der Waals surface area contributed by atoms with Crippen molar-refractivity contribution in [2.24, 2.45) is 11.8 Å². The van der Waals surface area contributed by atoms with E-state index in [9.17, 15) is 13.2 Å². The number of rotatable bonds is 2. The summed E-state index contributed by atoms with van der Waals surface area (Å²) >= 11 is 0. The molecule has 0 spiro atoms. The molecule has 104 valence electrons. The molecule has 0 aromatic carbocycles. The van der Waals surface area contributed by atoms with E-state index < -0.39 is 15.4 Å². The molecule has 2 aliphatic heterocycles. The molecule has 18 heavy (non-hydrogen) atoms. The largest absolute Gasteiger partial charge is 0.460 e. The zero-order chi connectivity index (χ0) is 13.6. The number of esters is 1. The van der Waals surface area contributed by atoms with Gasteiger partial charge in [0.05, 0.1) is 11.0 Å². The van der Waals surface area contributed by atoms with E-state index in [1.807, 2.05) is 20.8 Å². The van der Waals surface area contributed by atoms with Gasteiger partial charge in [0.15, 0.2) is 9.84 Å². The number of fused-ring (bicyclic) bond motifs is 1. The van der Waals surface area contributed by atoms with Crippen molar-refractivity contribution in [3.05, 3.63) is 0 Å². The maximum Gasteiger partial charge on any atom is 0.306 e. The van der Waals surface area contributed by atoms with Crippen LogP contribution in [0.4, 0.5) is 0 Å². The molecular weight excluding hydrogens is 254 g/mol. The molecule has 0 bridgehead atoms. The zero-order valence-electron chi connectivity index (χ0n) is 11.1. The van der Waals surface area contributed by atoms with E-state index in [-0.39, 0.29) is 35.2 Å². The van der Waals surface area contributed by atoms with Crippen LogP contribution in [-0.4, -0.2) is 44.1 Å². The fourth-order valence-corrected chi connectivity index (χ4v) is 5.32. The first-order chi connectivity index (χ1) is 8.19. The maximum absolute atomic E-state index is 11.9. The Morgan fingerprint density at radius 3 is 2.61 bits per heavy atom. The van der Waals surface area contributed by atoms with E-state index in [0.717, 1.165) is 0 Å². The number of ether oxygens (including phenoxy) is 1. The Hall–Kier alpha value is -0.620. The van der Waals surface area contributed by atoms with Crippen molar-refractivity contribution in [2.45, 2.75) is 38.0 Å². The first kappa shape index (κ1) is 13.8. The van der Waals surface area contributed by atoms with Gasteiger partial charge in [-0.25, -0.2) is 8.42 Å². The molecular formula is C12H21NO4S. The van der Waals surface area contributed by atoms with Crippen molar-refractivity contribution < 1.29 is 17.9 Å². The molecule has 3 unspecified atom stereocenters.